The van der Waals surface area contributed by atoms with Crippen molar-refractivity contribution in [3.05, 3.63) is 22.8 Å². The number of hydrogen-bond donors (Lipinski definition) is 2. The van der Waals surface area contributed by atoms with E-state index in [9.17, 15) is 4.79 Å². The molecular weight excluding hydrogens is 220 g/mol. The maximum absolute atomic E-state index is 10.9. The number of anilines is 1. The summed E-state index contributed by atoms with van der Waals surface area (Å²) in [6, 6.07) is 3.74. The summed E-state index contributed by atoms with van der Waals surface area (Å²) in [4.78, 5) is 10.9. The molecule has 6 nitrogen and oxygen atoms in total. The molecule has 1 aromatic carbocycles. The second-order valence-electron chi connectivity index (χ2n) is 3.78. The minimum atomic E-state index is -1.24. The Morgan fingerprint density at radius 3 is 2.76 bits per heavy atom. The number of nitrogens with zero attached hydrogens (tertiary/aromatic N) is 3. The molecule has 2 rings (SSSR count). The van der Waals surface area contributed by atoms with Crippen molar-refractivity contribution in [2.24, 2.45) is 0 Å². The summed E-state index contributed by atoms with van der Waals surface area (Å²) in [5.41, 5.74) is 8.13. The molecule has 0 aliphatic rings. The Bertz CT molecular complexity index is 679. The average Bonchev–Trinajstić information content (AvgIpc) is 2.56. The van der Waals surface area contributed by atoms with Gasteiger partial charge in [0.1, 0.15) is 5.82 Å². The first-order chi connectivity index (χ1) is 7.97. The summed E-state index contributed by atoms with van der Waals surface area (Å²) in [6.07, 6.45) is -1.24. The molecule has 0 amide bonds. The molecule has 86 valence electrons. The van der Waals surface area contributed by atoms with Crippen molar-refractivity contribution in [2.75, 3.05) is 5.73 Å². The summed E-state index contributed by atoms with van der Waals surface area (Å²) in [6.45, 7) is 3.51. The van der Waals surface area contributed by atoms with Crippen molar-refractivity contribution in [3.8, 4) is 6.07 Å². The Balaban J connectivity index is 2.95. The maximum atomic E-state index is 10.9. The molecule has 3 N–H and O–H groups in total. The SMILES string of the molecule is Cc1cc2nn(C(=O)O)c(N)c2c(C)c1C#N. The van der Waals surface area contributed by atoms with E-state index < -0.39 is 6.09 Å². The Morgan fingerprint density at radius 1 is 1.59 bits per heavy atom. The van der Waals surface area contributed by atoms with Crippen LogP contribution in [0.1, 0.15) is 16.7 Å². The van der Waals surface area contributed by atoms with E-state index in [1.165, 1.54) is 0 Å². The molecule has 0 saturated carbocycles. The molecule has 0 radical (unpaired) electrons. The Labute approximate surface area is 96.9 Å². The van der Waals surface area contributed by atoms with Crippen LogP contribution in [0.5, 0.6) is 0 Å². The van der Waals surface area contributed by atoms with Crippen LogP contribution in [0.4, 0.5) is 10.6 Å². The van der Waals surface area contributed by atoms with Gasteiger partial charge in [0, 0.05) is 5.39 Å². The second kappa shape index (κ2) is 3.49. The van der Waals surface area contributed by atoms with E-state index in [1.807, 2.05) is 0 Å². The quantitative estimate of drug-likeness (QED) is 0.715. The highest BCUT2D eigenvalue weighted by Gasteiger charge is 2.18. The molecule has 1 aromatic heterocycles. The third kappa shape index (κ3) is 1.40. The zero-order chi connectivity index (χ0) is 12.7. The van der Waals surface area contributed by atoms with Gasteiger partial charge in [-0.15, -0.1) is 4.68 Å². The number of fused-ring (bicyclic) bond motifs is 1. The molecule has 0 aliphatic heterocycles. The second-order valence-corrected chi connectivity index (χ2v) is 3.78. The van der Waals surface area contributed by atoms with Crippen LogP contribution in [0.3, 0.4) is 0 Å². The van der Waals surface area contributed by atoms with Crippen molar-refractivity contribution >= 4 is 22.8 Å². The van der Waals surface area contributed by atoms with Crippen LogP contribution in [0.2, 0.25) is 0 Å². The summed E-state index contributed by atoms with van der Waals surface area (Å²) in [5.74, 6) is 0.0431. The number of hydrogen-bond acceptors (Lipinski definition) is 4. The molecule has 0 fully saturated rings. The first-order valence-corrected chi connectivity index (χ1v) is 4.89. The number of nitriles is 1. The lowest BCUT2D eigenvalue weighted by Gasteiger charge is -2.03. The van der Waals surface area contributed by atoms with E-state index >= 15 is 0 Å². The van der Waals surface area contributed by atoms with Crippen LogP contribution in [-0.4, -0.2) is 21.0 Å². The largest absolute Gasteiger partial charge is 0.463 e. The van der Waals surface area contributed by atoms with E-state index in [1.54, 1.807) is 19.9 Å². The van der Waals surface area contributed by atoms with E-state index in [0.29, 0.717) is 22.0 Å². The number of carboxylic acid groups (broad SMARTS) is 1. The first-order valence-electron chi connectivity index (χ1n) is 4.89. The third-order valence-corrected chi connectivity index (χ3v) is 2.74. The molecule has 1 heterocycles. The van der Waals surface area contributed by atoms with Crippen molar-refractivity contribution in [1.82, 2.24) is 9.78 Å². The van der Waals surface area contributed by atoms with Crippen molar-refractivity contribution in [1.29, 1.82) is 5.26 Å². The van der Waals surface area contributed by atoms with Gasteiger partial charge in [0.15, 0.2) is 0 Å². The van der Waals surface area contributed by atoms with Crippen molar-refractivity contribution in [2.45, 2.75) is 13.8 Å². The van der Waals surface area contributed by atoms with Gasteiger partial charge in [0.05, 0.1) is 17.1 Å². The molecule has 6 heteroatoms. The molecule has 0 saturated heterocycles. The predicted octanol–water partition coefficient (Wildman–Crippen LogP) is 1.63. The Hall–Kier alpha value is -2.55. The molecule has 17 heavy (non-hydrogen) atoms. The number of nitrogen functional groups attached to an aromatic ring is 1. The van der Waals surface area contributed by atoms with E-state index in [0.717, 1.165) is 10.2 Å². The van der Waals surface area contributed by atoms with E-state index in [2.05, 4.69) is 11.2 Å². The fourth-order valence-electron chi connectivity index (χ4n) is 1.95. The van der Waals surface area contributed by atoms with Crippen LogP contribution in [0.25, 0.3) is 10.9 Å². The maximum Gasteiger partial charge on any atom is 0.434 e. The molecule has 0 atom stereocenters. The monoisotopic (exact) mass is 230 g/mol. The summed E-state index contributed by atoms with van der Waals surface area (Å²) >= 11 is 0. The minimum absolute atomic E-state index is 0.0431. The zero-order valence-corrected chi connectivity index (χ0v) is 9.35. The number of carbonyl (C=O) groups is 1. The lowest BCUT2D eigenvalue weighted by molar-refractivity contribution is 0.193. The van der Waals surface area contributed by atoms with Gasteiger partial charge in [-0.25, -0.2) is 4.79 Å². The number of benzene rings is 1. The molecule has 0 bridgehead atoms. The number of nitrogens with two attached hydrogens (primary N) is 1. The van der Waals surface area contributed by atoms with Crippen LogP contribution < -0.4 is 5.73 Å². The van der Waals surface area contributed by atoms with Crippen LogP contribution in [0, 0.1) is 25.2 Å². The molecule has 0 spiro atoms. The smallest absolute Gasteiger partial charge is 0.434 e. The van der Waals surface area contributed by atoms with Gasteiger partial charge in [0.2, 0.25) is 0 Å². The van der Waals surface area contributed by atoms with Gasteiger partial charge in [-0.1, -0.05) is 0 Å². The van der Waals surface area contributed by atoms with Crippen molar-refractivity contribution in [3.63, 3.8) is 0 Å². The normalized spacial score (nSPS) is 10.4. The highest BCUT2D eigenvalue weighted by atomic mass is 16.4. The third-order valence-electron chi connectivity index (χ3n) is 2.74. The Kier molecular flexibility index (Phi) is 2.25. The number of rotatable bonds is 0. The lowest BCUT2D eigenvalue weighted by atomic mass is 10.00. The fourth-order valence-corrected chi connectivity index (χ4v) is 1.95. The van der Waals surface area contributed by atoms with Gasteiger partial charge in [-0.3, -0.25) is 0 Å². The highest BCUT2D eigenvalue weighted by Crippen LogP contribution is 2.28. The van der Waals surface area contributed by atoms with Gasteiger partial charge in [0.25, 0.3) is 0 Å². The van der Waals surface area contributed by atoms with Crippen LogP contribution >= 0.6 is 0 Å². The predicted molar refractivity (Wildman–Crippen MR) is 61.8 cm³/mol. The highest BCUT2D eigenvalue weighted by molar-refractivity contribution is 5.97. The van der Waals surface area contributed by atoms with E-state index in [-0.39, 0.29) is 5.82 Å². The van der Waals surface area contributed by atoms with Gasteiger partial charge in [-0.2, -0.15) is 10.4 Å². The van der Waals surface area contributed by atoms with Crippen LogP contribution in [0.15, 0.2) is 6.07 Å². The summed E-state index contributed by atoms with van der Waals surface area (Å²) in [7, 11) is 0. The molecular formula is C11H10N4O2. The first kappa shape index (κ1) is 11.0. The molecule has 0 unspecified atom stereocenters. The number of aromatic nitrogens is 2. The fraction of sp³-hybridized carbons (Fsp3) is 0.182. The molecule has 0 aliphatic carbocycles. The van der Waals surface area contributed by atoms with Gasteiger partial charge < -0.3 is 10.8 Å². The summed E-state index contributed by atoms with van der Waals surface area (Å²) < 4.78 is 0.720. The minimum Gasteiger partial charge on any atom is -0.463 e. The zero-order valence-electron chi connectivity index (χ0n) is 9.35. The van der Waals surface area contributed by atoms with E-state index in [4.69, 9.17) is 16.1 Å². The van der Waals surface area contributed by atoms with Gasteiger partial charge in [-0.05, 0) is 31.0 Å². The standard InChI is InChI=1S/C11H10N4O2/c1-5-3-8-9(6(2)7(5)4-12)10(13)15(14-8)11(16)17/h3H,13H2,1-2H3,(H,16,17). The lowest BCUT2D eigenvalue weighted by Crippen LogP contribution is -2.12. The molecule has 2 aromatic rings. The topological polar surface area (TPSA) is 105 Å². The van der Waals surface area contributed by atoms with Crippen LogP contribution in [-0.2, 0) is 0 Å². The van der Waals surface area contributed by atoms with Gasteiger partial charge >= 0.3 is 6.09 Å². The Morgan fingerprint density at radius 2 is 2.24 bits per heavy atom. The van der Waals surface area contributed by atoms with Crippen molar-refractivity contribution < 1.29 is 9.90 Å². The average molecular weight is 230 g/mol. The number of aryl methyl sites for hydroxylation is 2. The summed E-state index contributed by atoms with van der Waals surface area (Å²) in [5, 5.41) is 22.4.